The maximum atomic E-state index is 12.4. The van der Waals surface area contributed by atoms with E-state index in [1.807, 2.05) is 30.3 Å². The van der Waals surface area contributed by atoms with E-state index in [4.69, 9.17) is 10.8 Å². The van der Waals surface area contributed by atoms with Crippen LogP contribution in [0.15, 0.2) is 30.3 Å². The normalized spacial score (nSPS) is 17.5. The highest BCUT2D eigenvalue weighted by Crippen LogP contribution is 2.24. The molecule has 1 saturated heterocycles. The van der Waals surface area contributed by atoms with Crippen molar-refractivity contribution in [2.45, 2.75) is 31.7 Å². The van der Waals surface area contributed by atoms with Gasteiger partial charge in [0.05, 0.1) is 0 Å². The van der Waals surface area contributed by atoms with Crippen LogP contribution < -0.4 is 5.73 Å². The van der Waals surface area contributed by atoms with E-state index < -0.39 is 12.0 Å². The van der Waals surface area contributed by atoms with Crippen molar-refractivity contribution < 1.29 is 14.7 Å². The molecule has 1 fully saturated rings. The minimum Gasteiger partial charge on any atom is -0.481 e. The lowest BCUT2D eigenvalue weighted by atomic mass is 9.91. The Labute approximate surface area is 124 Å². The molecule has 1 aromatic rings. The molecule has 1 aliphatic rings. The average molecular weight is 290 g/mol. The van der Waals surface area contributed by atoms with Crippen molar-refractivity contribution >= 4 is 11.9 Å². The summed E-state index contributed by atoms with van der Waals surface area (Å²) in [4.78, 5) is 24.8. The molecule has 21 heavy (non-hydrogen) atoms. The van der Waals surface area contributed by atoms with Crippen molar-refractivity contribution in [1.82, 2.24) is 4.90 Å². The Bertz CT molecular complexity index is 482. The van der Waals surface area contributed by atoms with Crippen LogP contribution in [-0.2, 0) is 9.59 Å². The van der Waals surface area contributed by atoms with Gasteiger partial charge in [0, 0.05) is 19.5 Å². The van der Waals surface area contributed by atoms with Crippen LogP contribution in [0.2, 0.25) is 0 Å². The topological polar surface area (TPSA) is 83.6 Å². The van der Waals surface area contributed by atoms with Gasteiger partial charge in [-0.05, 0) is 30.7 Å². The first-order valence-corrected chi connectivity index (χ1v) is 7.39. The number of rotatable bonds is 5. The second kappa shape index (κ2) is 7.22. The Kier molecular flexibility index (Phi) is 5.33. The number of nitrogens with zero attached hydrogens (tertiary/aromatic N) is 1. The van der Waals surface area contributed by atoms with Crippen LogP contribution in [0.1, 0.15) is 37.3 Å². The number of aliphatic carboxylic acids is 1. The number of amides is 1. The second-order valence-corrected chi connectivity index (χ2v) is 5.59. The van der Waals surface area contributed by atoms with E-state index in [1.165, 1.54) is 0 Å². The Balaban J connectivity index is 1.84. The van der Waals surface area contributed by atoms with E-state index in [9.17, 15) is 9.59 Å². The summed E-state index contributed by atoms with van der Waals surface area (Å²) in [6.07, 6.45) is 2.63. The van der Waals surface area contributed by atoms with Crippen molar-refractivity contribution in [3.63, 3.8) is 0 Å². The first kappa shape index (κ1) is 15.5. The van der Waals surface area contributed by atoms with Gasteiger partial charge >= 0.3 is 5.97 Å². The number of hydrogen-bond acceptors (Lipinski definition) is 3. The summed E-state index contributed by atoms with van der Waals surface area (Å²) in [5, 5.41) is 8.70. The number of hydrogen-bond donors (Lipinski definition) is 2. The molecule has 1 amide bonds. The monoisotopic (exact) mass is 290 g/mol. The third kappa shape index (κ3) is 4.29. The number of piperidine rings is 1. The van der Waals surface area contributed by atoms with Gasteiger partial charge in [0.1, 0.15) is 6.04 Å². The summed E-state index contributed by atoms with van der Waals surface area (Å²) in [6, 6.07) is 8.77. The molecule has 1 aromatic carbocycles. The van der Waals surface area contributed by atoms with Crippen molar-refractivity contribution in [1.29, 1.82) is 0 Å². The molecule has 1 aliphatic heterocycles. The molecule has 2 rings (SSSR count). The molecular formula is C16H22N2O3. The van der Waals surface area contributed by atoms with Gasteiger partial charge < -0.3 is 15.7 Å². The SMILES string of the molecule is N[C@H](C(=O)N1CCC(CCC(=O)O)CC1)c1ccccc1. The van der Waals surface area contributed by atoms with Crippen LogP contribution in [0, 0.1) is 5.92 Å². The lowest BCUT2D eigenvalue weighted by molar-refractivity contribution is -0.138. The largest absolute Gasteiger partial charge is 0.481 e. The van der Waals surface area contributed by atoms with Gasteiger partial charge in [0.25, 0.3) is 0 Å². The van der Waals surface area contributed by atoms with Crippen molar-refractivity contribution in [3.8, 4) is 0 Å². The quantitative estimate of drug-likeness (QED) is 0.866. The van der Waals surface area contributed by atoms with E-state index in [0.717, 1.165) is 18.4 Å². The highest BCUT2D eigenvalue weighted by Gasteiger charge is 2.27. The minimum absolute atomic E-state index is 0.0436. The van der Waals surface area contributed by atoms with E-state index in [2.05, 4.69) is 0 Å². The summed E-state index contributed by atoms with van der Waals surface area (Å²) in [6.45, 7) is 1.34. The Morgan fingerprint density at radius 3 is 2.43 bits per heavy atom. The van der Waals surface area contributed by atoms with Gasteiger partial charge in [-0.25, -0.2) is 0 Å². The molecular weight excluding hydrogens is 268 g/mol. The molecule has 3 N–H and O–H groups in total. The van der Waals surface area contributed by atoms with E-state index in [0.29, 0.717) is 25.4 Å². The van der Waals surface area contributed by atoms with Crippen LogP contribution in [0.5, 0.6) is 0 Å². The molecule has 1 heterocycles. The van der Waals surface area contributed by atoms with Gasteiger partial charge in [0.2, 0.25) is 5.91 Å². The highest BCUT2D eigenvalue weighted by atomic mass is 16.4. The van der Waals surface area contributed by atoms with Gasteiger partial charge in [-0.1, -0.05) is 30.3 Å². The van der Waals surface area contributed by atoms with Crippen LogP contribution in [0.4, 0.5) is 0 Å². The molecule has 0 saturated carbocycles. The zero-order chi connectivity index (χ0) is 15.2. The zero-order valence-corrected chi connectivity index (χ0v) is 12.1. The first-order valence-electron chi connectivity index (χ1n) is 7.39. The van der Waals surface area contributed by atoms with Crippen LogP contribution in [-0.4, -0.2) is 35.0 Å². The molecule has 0 unspecified atom stereocenters. The third-order valence-corrected chi connectivity index (χ3v) is 4.12. The Morgan fingerprint density at radius 2 is 1.86 bits per heavy atom. The number of carboxylic acid groups (broad SMARTS) is 1. The average Bonchev–Trinajstić information content (AvgIpc) is 2.53. The summed E-state index contributed by atoms with van der Waals surface area (Å²) >= 11 is 0. The van der Waals surface area contributed by atoms with Crippen molar-refractivity contribution in [3.05, 3.63) is 35.9 Å². The van der Waals surface area contributed by atoms with Gasteiger partial charge in [0.15, 0.2) is 0 Å². The Morgan fingerprint density at radius 1 is 1.24 bits per heavy atom. The standard InChI is InChI=1S/C16H22N2O3/c17-15(13-4-2-1-3-5-13)16(21)18-10-8-12(9-11-18)6-7-14(19)20/h1-5,12,15H,6-11,17H2,(H,19,20)/t15-/m0/s1. The predicted octanol–water partition coefficient (Wildman–Crippen LogP) is 1.79. The molecule has 0 bridgehead atoms. The molecule has 5 nitrogen and oxygen atoms in total. The maximum absolute atomic E-state index is 12.4. The molecule has 0 radical (unpaired) electrons. The van der Waals surface area contributed by atoms with E-state index >= 15 is 0 Å². The number of carbonyl (C=O) groups excluding carboxylic acids is 1. The Hall–Kier alpha value is -1.88. The maximum Gasteiger partial charge on any atom is 0.303 e. The minimum atomic E-state index is -0.750. The third-order valence-electron chi connectivity index (χ3n) is 4.12. The molecule has 0 spiro atoms. The van der Waals surface area contributed by atoms with Crippen LogP contribution in [0.3, 0.4) is 0 Å². The smallest absolute Gasteiger partial charge is 0.303 e. The summed E-state index contributed by atoms with van der Waals surface area (Å²) in [5.41, 5.74) is 6.86. The lowest BCUT2D eigenvalue weighted by Crippen LogP contribution is -2.43. The summed E-state index contributed by atoms with van der Waals surface area (Å²) < 4.78 is 0. The number of carbonyl (C=O) groups is 2. The van der Waals surface area contributed by atoms with Crippen molar-refractivity contribution in [2.24, 2.45) is 11.7 Å². The number of likely N-dealkylation sites (tertiary alicyclic amines) is 1. The highest BCUT2D eigenvalue weighted by molar-refractivity contribution is 5.83. The summed E-state index contributed by atoms with van der Waals surface area (Å²) in [7, 11) is 0. The van der Waals surface area contributed by atoms with Gasteiger partial charge in [-0.2, -0.15) is 0 Å². The first-order chi connectivity index (χ1) is 10.1. The van der Waals surface area contributed by atoms with Crippen LogP contribution in [0.25, 0.3) is 0 Å². The molecule has 0 aliphatic carbocycles. The fourth-order valence-corrected chi connectivity index (χ4v) is 2.77. The predicted molar refractivity (Wildman–Crippen MR) is 79.5 cm³/mol. The zero-order valence-electron chi connectivity index (χ0n) is 12.1. The molecule has 0 aromatic heterocycles. The van der Waals surface area contributed by atoms with Crippen LogP contribution >= 0.6 is 0 Å². The fourth-order valence-electron chi connectivity index (χ4n) is 2.77. The molecule has 5 heteroatoms. The molecule has 1 atom stereocenters. The van der Waals surface area contributed by atoms with E-state index in [-0.39, 0.29) is 12.3 Å². The van der Waals surface area contributed by atoms with Crippen molar-refractivity contribution in [2.75, 3.05) is 13.1 Å². The fraction of sp³-hybridized carbons (Fsp3) is 0.500. The lowest BCUT2D eigenvalue weighted by Gasteiger charge is -2.33. The number of benzene rings is 1. The molecule has 114 valence electrons. The second-order valence-electron chi connectivity index (χ2n) is 5.59. The summed E-state index contributed by atoms with van der Waals surface area (Å²) in [5.74, 6) is -0.393. The number of nitrogens with two attached hydrogens (primary N) is 1. The van der Waals surface area contributed by atoms with Gasteiger partial charge in [-0.15, -0.1) is 0 Å². The number of carboxylic acids is 1. The van der Waals surface area contributed by atoms with E-state index in [1.54, 1.807) is 4.90 Å². The van der Waals surface area contributed by atoms with Gasteiger partial charge in [-0.3, -0.25) is 9.59 Å².